The first-order valence-corrected chi connectivity index (χ1v) is 7.08. The molecule has 0 aliphatic heterocycles. The Morgan fingerprint density at radius 2 is 2.22 bits per heavy atom. The topological polar surface area (TPSA) is 42.1 Å². The largest absolute Gasteiger partial charge is 0.329 e. The van der Waals surface area contributed by atoms with Crippen LogP contribution in [-0.2, 0) is 0 Å². The second-order valence-electron chi connectivity index (χ2n) is 5.69. The minimum Gasteiger partial charge on any atom is -0.329 e. The van der Waals surface area contributed by atoms with Crippen LogP contribution < -0.4 is 5.73 Å². The van der Waals surface area contributed by atoms with E-state index in [-0.39, 0.29) is 0 Å². The quantitative estimate of drug-likeness (QED) is 0.805. The van der Waals surface area contributed by atoms with Crippen molar-refractivity contribution in [1.29, 1.82) is 0 Å². The van der Waals surface area contributed by atoms with Crippen molar-refractivity contribution in [2.75, 3.05) is 13.1 Å². The molecule has 3 heteroatoms. The lowest BCUT2D eigenvalue weighted by Gasteiger charge is -2.31. The average Bonchev–Trinajstić information content (AvgIpc) is 3.19. The Morgan fingerprint density at radius 1 is 1.44 bits per heavy atom. The van der Waals surface area contributed by atoms with Gasteiger partial charge in [-0.25, -0.2) is 0 Å². The Labute approximate surface area is 110 Å². The van der Waals surface area contributed by atoms with Gasteiger partial charge in [0.15, 0.2) is 0 Å². The molecule has 1 aliphatic rings. The molecule has 100 valence electrons. The smallest absolute Gasteiger partial charge is 0.0488 e. The van der Waals surface area contributed by atoms with Crippen molar-refractivity contribution in [2.24, 2.45) is 11.7 Å². The molecule has 0 radical (unpaired) electrons. The van der Waals surface area contributed by atoms with Crippen LogP contribution in [0.15, 0.2) is 24.5 Å². The van der Waals surface area contributed by atoms with Crippen molar-refractivity contribution < 1.29 is 0 Å². The summed E-state index contributed by atoms with van der Waals surface area (Å²) in [5.74, 6) is 0.749. The zero-order valence-corrected chi connectivity index (χ0v) is 11.5. The summed E-state index contributed by atoms with van der Waals surface area (Å²) in [5.41, 5.74) is 7.27. The van der Waals surface area contributed by atoms with Gasteiger partial charge in [0.25, 0.3) is 0 Å². The average molecular weight is 247 g/mol. The summed E-state index contributed by atoms with van der Waals surface area (Å²) in [6.45, 7) is 6.40. The van der Waals surface area contributed by atoms with E-state index in [0.717, 1.165) is 18.5 Å². The summed E-state index contributed by atoms with van der Waals surface area (Å²) >= 11 is 0. The van der Waals surface area contributed by atoms with E-state index in [1.165, 1.54) is 24.8 Å². The molecular weight excluding hydrogens is 222 g/mol. The predicted octanol–water partition coefficient (Wildman–Crippen LogP) is 2.59. The van der Waals surface area contributed by atoms with Crippen molar-refractivity contribution >= 4 is 0 Å². The molecule has 1 heterocycles. The zero-order valence-electron chi connectivity index (χ0n) is 11.5. The number of nitrogens with two attached hydrogens (primary N) is 1. The summed E-state index contributed by atoms with van der Waals surface area (Å²) in [4.78, 5) is 6.82. The molecule has 1 aromatic heterocycles. The lowest BCUT2D eigenvalue weighted by molar-refractivity contribution is 0.180. The highest BCUT2D eigenvalue weighted by molar-refractivity contribution is 5.15. The third-order valence-corrected chi connectivity index (χ3v) is 3.67. The van der Waals surface area contributed by atoms with Gasteiger partial charge in [0.2, 0.25) is 0 Å². The Morgan fingerprint density at radius 3 is 2.72 bits per heavy atom. The Balaban J connectivity index is 2.07. The van der Waals surface area contributed by atoms with E-state index >= 15 is 0 Å². The number of hydrogen-bond donors (Lipinski definition) is 1. The molecule has 0 spiro atoms. The van der Waals surface area contributed by atoms with Gasteiger partial charge in [-0.3, -0.25) is 9.88 Å². The molecule has 0 bridgehead atoms. The maximum absolute atomic E-state index is 6.01. The molecule has 0 aromatic carbocycles. The van der Waals surface area contributed by atoms with E-state index in [9.17, 15) is 0 Å². The van der Waals surface area contributed by atoms with Crippen LogP contribution in [0.4, 0.5) is 0 Å². The van der Waals surface area contributed by atoms with E-state index in [0.29, 0.717) is 12.6 Å². The molecule has 3 nitrogen and oxygen atoms in total. The van der Waals surface area contributed by atoms with Gasteiger partial charge in [0, 0.05) is 31.0 Å². The van der Waals surface area contributed by atoms with E-state index < -0.39 is 0 Å². The molecule has 1 saturated carbocycles. The number of aromatic nitrogens is 1. The first-order valence-electron chi connectivity index (χ1n) is 7.08. The molecule has 1 fully saturated rings. The Kier molecular flexibility index (Phi) is 4.72. The summed E-state index contributed by atoms with van der Waals surface area (Å²) < 4.78 is 0. The third kappa shape index (κ3) is 3.53. The highest BCUT2D eigenvalue weighted by Gasteiger charge is 2.33. The zero-order chi connectivity index (χ0) is 13.0. The molecule has 18 heavy (non-hydrogen) atoms. The van der Waals surface area contributed by atoms with Crippen molar-refractivity contribution in [3.05, 3.63) is 30.1 Å². The fourth-order valence-corrected chi connectivity index (χ4v) is 2.44. The number of nitrogens with zero attached hydrogens (tertiary/aromatic N) is 2. The van der Waals surface area contributed by atoms with Gasteiger partial charge in [0.05, 0.1) is 0 Å². The second kappa shape index (κ2) is 6.30. The van der Waals surface area contributed by atoms with Gasteiger partial charge in [-0.2, -0.15) is 0 Å². The number of rotatable bonds is 7. The van der Waals surface area contributed by atoms with E-state index in [4.69, 9.17) is 5.73 Å². The maximum Gasteiger partial charge on any atom is 0.0488 e. The van der Waals surface area contributed by atoms with Crippen LogP contribution in [0.2, 0.25) is 0 Å². The molecule has 1 aliphatic carbocycles. The predicted molar refractivity (Wildman–Crippen MR) is 75.2 cm³/mol. The van der Waals surface area contributed by atoms with Crippen molar-refractivity contribution in [1.82, 2.24) is 9.88 Å². The van der Waals surface area contributed by atoms with Crippen LogP contribution in [0.5, 0.6) is 0 Å². The summed E-state index contributed by atoms with van der Waals surface area (Å²) in [6, 6.07) is 5.24. The maximum atomic E-state index is 6.01. The number of pyridine rings is 1. The molecule has 2 rings (SSSR count). The van der Waals surface area contributed by atoms with Gasteiger partial charge in [0.1, 0.15) is 0 Å². The standard InChI is InChI=1S/C15H25N3/c1-12(2)7-9-18(14-5-6-14)15(10-16)13-4-3-8-17-11-13/h3-4,8,11-12,14-15H,5-7,9-10,16H2,1-2H3. The normalized spacial score (nSPS) is 17.4. The van der Waals surface area contributed by atoms with Crippen LogP contribution in [0, 0.1) is 5.92 Å². The highest BCUT2D eigenvalue weighted by atomic mass is 15.2. The van der Waals surface area contributed by atoms with Crippen LogP contribution in [0.25, 0.3) is 0 Å². The second-order valence-corrected chi connectivity index (χ2v) is 5.69. The fourth-order valence-electron chi connectivity index (χ4n) is 2.44. The monoisotopic (exact) mass is 247 g/mol. The summed E-state index contributed by atoms with van der Waals surface area (Å²) in [5, 5.41) is 0. The summed E-state index contributed by atoms with van der Waals surface area (Å²) in [6.07, 6.45) is 7.69. The molecule has 1 unspecified atom stereocenters. The Bertz CT molecular complexity index is 346. The van der Waals surface area contributed by atoms with Gasteiger partial charge in [-0.1, -0.05) is 19.9 Å². The van der Waals surface area contributed by atoms with Crippen LogP contribution >= 0.6 is 0 Å². The molecule has 1 atom stereocenters. The fraction of sp³-hybridized carbons (Fsp3) is 0.667. The van der Waals surface area contributed by atoms with E-state index in [1.807, 2.05) is 18.5 Å². The Hall–Kier alpha value is -0.930. The minimum atomic E-state index is 0.338. The summed E-state index contributed by atoms with van der Waals surface area (Å²) in [7, 11) is 0. The highest BCUT2D eigenvalue weighted by Crippen LogP contribution is 2.34. The first-order chi connectivity index (χ1) is 8.72. The van der Waals surface area contributed by atoms with Gasteiger partial charge >= 0.3 is 0 Å². The molecule has 0 amide bonds. The molecule has 2 N–H and O–H groups in total. The van der Waals surface area contributed by atoms with Crippen molar-refractivity contribution in [3.8, 4) is 0 Å². The van der Waals surface area contributed by atoms with Crippen LogP contribution in [0.1, 0.15) is 44.7 Å². The van der Waals surface area contributed by atoms with Gasteiger partial charge in [-0.15, -0.1) is 0 Å². The van der Waals surface area contributed by atoms with Gasteiger partial charge < -0.3 is 5.73 Å². The van der Waals surface area contributed by atoms with Crippen molar-refractivity contribution in [3.63, 3.8) is 0 Å². The van der Waals surface area contributed by atoms with Crippen LogP contribution in [0.3, 0.4) is 0 Å². The van der Waals surface area contributed by atoms with Crippen molar-refractivity contribution in [2.45, 2.75) is 45.2 Å². The molecule has 1 aromatic rings. The lowest BCUT2D eigenvalue weighted by atomic mass is 10.0. The van der Waals surface area contributed by atoms with E-state index in [2.05, 4.69) is 29.8 Å². The number of hydrogen-bond acceptors (Lipinski definition) is 3. The minimum absolute atomic E-state index is 0.338. The van der Waals surface area contributed by atoms with Gasteiger partial charge in [-0.05, 0) is 43.4 Å². The molecular formula is C15H25N3. The SMILES string of the molecule is CC(C)CCN(C1CC1)C(CN)c1cccnc1. The molecule has 0 saturated heterocycles. The van der Waals surface area contributed by atoms with E-state index in [1.54, 1.807) is 0 Å². The van der Waals surface area contributed by atoms with Crippen LogP contribution in [-0.4, -0.2) is 29.0 Å². The third-order valence-electron chi connectivity index (χ3n) is 3.67. The lowest BCUT2D eigenvalue weighted by Crippen LogP contribution is -2.36. The first kappa shape index (κ1) is 13.5.